The lowest BCUT2D eigenvalue weighted by molar-refractivity contribution is 0.0954. The molecular formula is C27H31NO2. The number of methoxy groups -OCH3 is 1. The van der Waals surface area contributed by atoms with Gasteiger partial charge in [0.2, 0.25) is 0 Å². The summed E-state index contributed by atoms with van der Waals surface area (Å²) in [4.78, 5) is 12.3. The predicted octanol–water partition coefficient (Wildman–Crippen LogP) is 6.24. The molecular weight excluding hydrogens is 370 g/mol. The van der Waals surface area contributed by atoms with Crippen LogP contribution in [0.25, 0.3) is 11.1 Å². The molecule has 30 heavy (non-hydrogen) atoms. The fourth-order valence-electron chi connectivity index (χ4n) is 3.65. The van der Waals surface area contributed by atoms with Crippen molar-refractivity contribution in [2.75, 3.05) is 13.7 Å². The van der Waals surface area contributed by atoms with E-state index in [0.29, 0.717) is 23.8 Å². The Kier molecular flexibility index (Phi) is 7.67. The Morgan fingerprint density at radius 1 is 0.967 bits per heavy atom. The molecule has 0 fully saturated rings. The van der Waals surface area contributed by atoms with Crippen LogP contribution in [-0.4, -0.2) is 19.6 Å². The lowest BCUT2D eigenvalue weighted by Crippen LogP contribution is -2.25. The van der Waals surface area contributed by atoms with E-state index >= 15 is 0 Å². The van der Waals surface area contributed by atoms with Crippen molar-refractivity contribution in [3.05, 3.63) is 89.5 Å². The van der Waals surface area contributed by atoms with Gasteiger partial charge >= 0.3 is 0 Å². The van der Waals surface area contributed by atoms with E-state index in [1.807, 2.05) is 12.1 Å². The van der Waals surface area contributed by atoms with Gasteiger partial charge in [-0.3, -0.25) is 4.79 Å². The number of hydrogen-bond acceptors (Lipinski definition) is 2. The summed E-state index contributed by atoms with van der Waals surface area (Å²) in [5.41, 5.74) is 5.68. The molecule has 0 aliphatic heterocycles. The molecule has 3 rings (SSSR count). The monoisotopic (exact) mass is 401 g/mol. The molecule has 0 radical (unpaired) electrons. The molecule has 1 N–H and O–H groups in total. The molecule has 0 bridgehead atoms. The highest BCUT2D eigenvalue weighted by molar-refractivity contribution is 5.94. The van der Waals surface area contributed by atoms with Crippen molar-refractivity contribution in [3.63, 3.8) is 0 Å². The van der Waals surface area contributed by atoms with Crippen molar-refractivity contribution < 1.29 is 9.53 Å². The summed E-state index contributed by atoms with van der Waals surface area (Å²) < 4.78 is 5.18. The van der Waals surface area contributed by atoms with Gasteiger partial charge < -0.3 is 10.1 Å². The molecule has 1 atom stereocenters. The lowest BCUT2D eigenvalue weighted by atomic mass is 9.94. The van der Waals surface area contributed by atoms with Gasteiger partial charge in [-0.1, -0.05) is 74.9 Å². The van der Waals surface area contributed by atoms with Crippen LogP contribution in [0.15, 0.2) is 72.8 Å². The van der Waals surface area contributed by atoms with Gasteiger partial charge in [-0.25, -0.2) is 0 Å². The molecule has 0 spiro atoms. The van der Waals surface area contributed by atoms with E-state index in [9.17, 15) is 4.79 Å². The normalized spacial score (nSPS) is 11.7. The molecule has 0 aliphatic carbocycles. The van der Waals surface area contributed by atoms with Gasteiger partial charge in [0.05, 0.1) is 7.11 Å². The van der Waals surface area contributed by atoms with Gasteiger partial charge in [-0.05, 0) is 59.2 Å². The van der Waals surface area contributed by atoms with Crippen molar-refractivity contribution in [1.29, 1.82) is 0 Å². The maximum atomic E-state index is 12.3. The van der Waals surface area contributed by atoms with E-state index in [2.05, 4.69) is 67.7 Å². The number of rotatable bonds is 9. The summed E-state index contributed by atoms with van der Waals surface area (Å²) in [5, 5.41) is 2.98. The summed E-state index contributed by atoms with van der Waals surface area (Å²) in [6, 6.07) is 24.7. The Balaban J connectivity index is 1.53. The summed E-state index contributed by atoms with van der Waals surface area (Å²) in [6.45, 7) is 5.12. The number of amides is 1. The standard InChI is InChI=1S/C27H31NO2/c1-4-6-20(2)22-13-15-24(16-14-22)23-11-9-21(10-12-23)17-18-28-27(29)25-7-5-8-26(19-25)30-3/h5,7-16,19-20H,4,6,17-18H2,1-3H3,(H,28,29). The van der Waals surface area contributed by atoms with Gasteiger partial charge in [0.15, 0.2) is 0 Å². The first-order valence-electron chi connectivity index (χ1n) is 10.7. The molecule has 3 nitrogen and oxygen atoms in total. The van der Waals surface area contributed by atoms with E-state index < -0.39 is 0 Å². The van der Waals surface area contributed by atoms with Crippen molar-refractivity contribution in [1.82, 2.24) is 5.32 Å². The van der Waals surface area contributed by atoms with Crippen LogP contribution in [-0.2, 0) is 6.42 Å². The molecule has 156 valence electrons. The van der Waals surface area contributed by atoms with Gasteiger partial charge in [-0.15, -0.1) is 0 Å². The van der Waals surface area contributed by atoms with E-state index in [-0.39, 0.29) is 5.91 Å². The van der Waals surface area contributed by atoms with Crippen molar-refractivity contribution in [3.8, 4) is 16.9 Å². The molecule has 0 saturated heterocycles. The van der Waals surface area contributed by atoms with Crippen LogP contribution in [0.5, 0.6) is 5.75 Å². The number of benzene rings is 3. The van der Waals surface area contributed by atoms with Crippen LogP contribution in [0, 0.1) is 0 Å². The first-order valence-corrected chi connectivity index (χ1v) is 10.7. The SMILES string of the molecule is CCCC(C)c1ccc(-c2ccc(CCNC(=O)c3cccc(OC)c3)cc2)cc1. The Morgan fingerprint density at radius 3 is 2.27 bits per heavy atom. The highest BCUT2D eigenvalue weighted by Crippen LogP contribution is 2.25. The zero-order valence-electron chi connectivity index (χ0n) is 18.2. The third-order valence-electron chi connectivity index (χ3n) is 5.52. The topological polar surface area (TPSA) is 38.3 Å². The maximum absolute atomic E-state index is 12.3. The van der Waals surface area contributed by atoms with E-state index in [1.165, 1.54) is 35.1 Å². The number of ether oxygens (including phenoxy) is 1. The van der Waals surface area contributed by atoms with Crippen LogP contribution in [0.3, 0.4) is 0 Å². The third kappa shape index (κ3) is 5.73. The largest absolute Gasteiger partial charge is 0.497 e. The molecule has 0 aromatic heterocycles. The summed E-state index contributed by atoms with van der Waals surface area (Å²) in [7, 11) is 1.60. The number of carbonyl (C=O) groups excluding carboxylic acids is 1. The van der Waals surface area contributed by atoms with Crippen molar-refractivity contribution >= 4 is 5.91 Å². The van der Waals surface area contributed by atoms with Crippen molar-refractivity contribution in [2.24, 2.45) is 0 Å². The van der Waals surface area contributed by atoms with Crippen LogP contribution < -0.4 is 10.1 Å². The maximum Gasteiger partial charge on any atom is 0.251 e. The number of carbonyl (C=O) groups is 1. The molecule has 1 unspecified atom stereocenters. The second-order valence-electron chi connectivity index (χ2n) is 7.75. The summed E-state index contributed by atoms with van der Waals surface area (Å²) in [6.07, 6.45) is 3.23. The fraction of sp³-hybridized carbons (Fsp3) is 0.296. The smallest absolute Gasteiger partial charge is 0.251 e. The summed E-state index contributed by atoms with van der Waals surface area (Å²) >= 11 is 0. The first-order chi connectivity index (χ1) is 14.6. The highest BCUT2D eigenvalue weighted by atomic mass is 16.5. The highest BCUT2D eigenvalue weighted by Gasteiger charge is 2.07. The average molecular weight is 402 g/mol. The van der Waals surface area contributed by atoms with Crippen LogP contribution in [0.2, 0.25) is 0 Å². The minimum absolute atomic E-state index is 0.0806. The van der Waals surface area contributed by atoms with E-state index in [4.69, 9.17) is 4.74 Å². The number of hydrogen-bond donors (Lipinski definition) is 1. The molecule has 3 heteroatoms. The van der Waals surface area contributed by atoms with E-state index in [0.717, 1.165) is 6.42 Å². The minimum atomic E-state index is -0.0806. The second kappa shape index (κ2) is 10.6. The second-order valence-corrected chi connectivity index (χ2v) is 7.75. The molecule has 3 aromatic rings. The first kappa shape index (κ1) is 21.6. The Hall–Kier alpha value is -3.07. The Labute approximate surface area is 180 Å². The molecule has 0 heterocycles. The van der Waals surface area contributed by atoms with E-state index in [1.54, 1.807) is 19.2 Å². The van der Waals surface area contributed by atoms with Gasteiger partial charge in [0.25, 0.3) is 5.91 Å². The predicted molar refractivity (Wildman–Crippen MR) is 124 cm³/mol. The average Bonchev–Trinajstić information content (AvgIpc) is 2.80. The molecule has 0 aliphatic rings. The molecule has 3 aromatic carbocycles. The zero-order chi connectivity index (χ0) is 21.3. The Bertz CT molecular complexity index is 945. The lowest BCUT2D eigenvalue weighted by Gasteiger charge is -2.11. The minimum Gasteiger partial charge on any atom is -0.497 e. The van der Waals surface area contributed by atoms with Crippen molar-refractivity contribution in [2.45, 2.75) is 39.0 Å². The Morgan fingerprint density at radius 2 is 1.63 bits per heavy atom. The van der Waals surface area contributed by atoms with Gasteiger partial charge in [0.1, 0.15) is 5.75 Å². The number of nitrogens with one attached hydrogen (secondary N) is 1. The summed E-state index contributed by atoms with van der Waals surface area (Å²) in [5.74, 6) is 1.22. The van der Waals surface area contributed by atoms with Crippen LogP contribution in [0.4, 0.5) is 0 Å². The zero-order valence-corrected chi connectivity index (χ0v) is 18.2. The van der Waals surface area contributed by atoms with Crippen LogP contribution in [0.1, 0.15) is 54.1 Å². The molecule has 0 saturated carbocycles. The molecule has 1 amide bonds. The van der Waals surface area contributed by atoms with Gasteiger partial charge in [0, 0.05) is 12.1 Å². The third-order valence-corrected chi connectivity index (χ3v) is 5.52. The quantitative estimate of drug-likeness (QED) is 0.461. The fourth-order valence-corrected chi connectivity index (χ4v) is 3.65. The van der Waals surface area contributed by atoms with Crippen LogP contribution >= 0.6 is 0 Å². The van der Waals surface area contributed by atoms with Gasteiger partial charge in [-0.2, -0.15) is 0 Å².